The van der Waals surface area contributed by atoms with E-state index in [9.17, 15) is 4.79 Å². The number of fused-ring (bicyclic) bond motifs is 5. The first kappa shape index (κ1) is 15.0. The normalized spacial score (nSPS) is 50.4. The Morgan fingerprint density at radius 3 is 2.82 bits per heavy atom. The summed E-state index contributed by atoms with van der Waals surface area (Å²) in [6.45, 7) is 4.86. The minimum atomic E-state index is 0.317. The Bertz CT molecular complexity index is 492. The average molecular weight is 300 g/mol. The molecule has 0 aliphatic heterocycles. The van der Waals surface area contributed by atoms with Crippen molar-refractivity contribution in [1.82, 2.24) is 0 Å². The van der Waals surface area contributed by atoms with Gasteiger partial charge in [0.15, 0.2) is 5.78 Å². The molecule has 4 aliphatic carbocycles. The monoisotopic (exact) mass is 300 g/mol. The molecule has 0 saturated heterocycles. The quantitative estimate of drug-likeness (QED) is 0.654. The first-order valence-electron chi connectivity index (χ1n) is 9.81. The summed E-state index contributed by atoms with van der Waals surface area (Å²) in [5.41, 5.74) is 1.02. The smallest absolute Gasteiger partial charge is 0.155 e. The predicted octanol–water partition coefficient (Wildman–Crippen LogP) is 5.54. The van der Waals surface area contributed by atoms with E-state index in [1.54, 1.807) is 0 Å². The van der Waals surface area contributed by atoms with Crippen LogP contribution >= 0.6 is 0 Å². The van der Waals surface area contributed by atoms with Crippen molar-refractivity contribution in [2.75, 3.05) is 0 Å². The molecular weight excluding hydrogens is 268 g/mol. The molecule has 1 nitrogen and oxygen atoms in total. The molecule has 1 heteroatoms. The first-order valence-corrected chi connectivity index (χ1v) is 9.81. The highest BCUT2D eigenvalue weighted by molar-refractivity contribution is 5.91. The summed E-state index contributed by atoms with van der Waals surface area (Å²) in [6, 6.07) is 0. The molecule has 122 valence electrons. The van der Waals surface area contributed by atoms with Crippen LogP contribution in [0, 0.1) is 34.5 Å². The molecule has 0 aromatic rings. The van der Waals surface area contributed by atoms with Crippen LogP contribution in [-0.4, -0.2) is 5.78 Å². The zero-order valence-electron chi connectivity index (χ0n) is 14.4. The van der Waals surface area contributed by atoms with E-state index in [-0.39, 0.29) is 0 Å². The number of allylic oxidation sites excluding steroid dienone is 2. The van der Waals surface area contributed by atoms with E-state index >= 15 is 0 Å². The van der Waals surface area contributed by atoms with Crippen LogP contribution in [0.1, 0.15) is 78.1 Å². The van der Waals surface area contributed by atoms with Gasteiger partial charge in [-0.3, -0.25) is 4.79 Å². The topological polar surface area (TPSA) is 17.1 Å². The summed E-state index contributed by atoms with van der Waals surface area (Å²) >= 11 is 0. The highest BCUT2D eigenvalue weighted by atomic mass is 16.1. The summed E-state index contributed by atoms with van der Waals surface area (Å²) in [5, 5.41) is 0. The number of hydrogen-bond acceptors (Lipinski definition) is 1. The third-order valence-electron chi connectivity index (χ3n) is 8.31. The second-order valence-electron chi connectivity index (χ2n) is 9.06. The minimum absolute atomic E-state index is 0.317. The van der Waals surface area contributed by atoms with Crippen LogP contribution in [-0.2, 0) is 4.79 Å². The van der Waals surface area contributed by atoms with E-state index in [1.165, 1.54) is 57.8 Å². The van der Waals surface area contributed by atoms with Crippen LogP contribution in [0.15, 0.2) is 12.2 Å². The van der Waals surface area contributed by atoms with Gasteiger partial charge in [0, 0.05) is 6.42 Å². The van der Waals surface area contributed by atoms with E-state index < -0.39 is 0 Å². The van der Waals surface area contributed by atoms with Gasteiger partial charge < -0.3 is 0 Å². The fourth-order valence-electron chi connectivity index (χ4n) is 7.36. The molecule has 0 amide bonds. The average Bonchev–Trinajstić information content (AvgIpc) is 2.92. The summed E-state index contributed by atoms with van der Waals surface area (Å²) in [4.78, 5) is 11.9. The second kappa shape index (κ2) is 5.21. The molecule has 0 aromatic heterocycles. The lowest BCUT2D eigenvalue weighted by Crippen LogP contribution is -2.51. The Kier molecular flexibility index (Phi) is 3.55. The standard InChI is InChI=1S/C21H32O/c1-3-10-21-11-4-5-19(21)17-7-6-15-14-16(22)8-12-20(15,2)18(17)9-13-21/h8,12,15,17-19H,3-7,9-11,13-14H2,1-2H3/t15-,17+,18-,19-,20-,21-/m0/s1. The first-order chi connectivity index (χ1) is 10.6. The minimum Gasteiger partial charge on any atom is -0.295 e. The van der Waals surface area contributed by atoms with Gasteiger partial charge in [0.25, 0.3) is 0 Å². The van der Waals surface area contributed by atoms with Crippen molar-refractivity contribution in [3.8, 4) is 0 Å². The SMILES string of the molecule is CCC[C@@]12CCC[C@H]1[C@@H]1CC[C@H]3CC(=O)C=C[C@]3(C)[C@H]1CC2. The van der Waals surface area contributed by atoms with Gasteiger partial charge in [-0.2, -0.15) is 0 Å². The lowest BCUT2D eigenvalue weighted by molar-refractivity contribution is -0.122. The van der Waals surface area contributed by atoms with Crippen molar-refractivity contribution in [1.29, 1.82) is 0 Å². The third-order valence-corrected chi connectivity index (χ3v) is 8.31. The van der Waals surface area contributed by atoms with Gasteiger partial charge >= 0.3 is 0 Å². The lowest BCUT2D eigenvalue weighted by Gasteiger charge is -2.59. The molecule has 22 heavy (non-hydrogen) atoms. The van der Waals surface area contributed by atoms with Crippen LogP contribution < -0.4 is 0 Å². The summed E-state index contributed by atoms with van der Waals surface area (Å²) in [7, 11) is 0. The maximum Gasteiger partial charge on any atom is 0.155 e. The number of carbonyl (C=O) groups is 1. The Morgan fingerprint density at radius 2 is 2.00 bits per heavy atom. The molecule has 0 heterocycles. The maximum atomic E-state index is 11.9. The Labute approximate surface area is 135 Å². The molecule has 0 bridgehead atoms. The van der Waals surface area contributed by atoms with E-state index in [2.05, 4.69) is 19.9 Å². The summed E-state index contributed by atoms with van der Waals surface area (Å²) in [5.74, 6) is 3.80. The number of ketones is 1. The van der Waals surface area contributed by atoms with Crippen molar-refractivity contribution < 1.29 is 4.79 Å². The largest absolute Gasteiger partial charge is 0.295 e. The number of carbonyl (C=O) groups excluding carboxylic acids is 1. The van der Waals surface area contributed by atoms with Gasteiger partial charge in [-0.05, 0) is 85.5 Å². The zero-order chi connectivity index (χ0) is 15.4. The van der Waals surface area contributed by atoms with Crippen molar-refractivity contribution >= 4 is 5.78 Å². The fraction of sp³-hybridized carbons (Fsp3) is 0.857. The van der Waals surface area contributed by atoms with Crippen molar-refractivity contribution in [3.05, 3.63) is 12.2 Å². The molecule has 3 saturated carbocycles. The molecule has 0 spiro atoms. The van der Waals surface area contributed by atoms with Gasteiger partial charge in [-0.25, -0.2) is 0 Å². The van der Waals surface area contributed by atoms with Crippen LogP contribution in [0.25, 0.3) is 0 Å². The van der Waals surface area contributed by atoms with Gasteiger partial charge in [-0.15, -0.1) is 0 Å². The second-order valence-corrected chi connectivity index (χ2v) is 9.06. The molecule has 0 radical (unpaired) electrons. The summed E-state index contributed by atoms with van der Waals surface area (Å²) in [6.07, 6.45) is 18.0. The Hall–Kier alpha value is -0.590. The van der Waals surface area contributed by atoms with Gasteiger partial charge in [0.05, 0.1) is 0 Å². The highest BCUT2D eigenvalue weighted by Gasteiger charge is 2.57. The number of rotatable bonds is 2. The third kappa shape index (κ3) is 2.00. The van der Waals surface area contributed by atoms with Crippen LogP contribution in [0.4, 0.5) is 0 Å². The number of hydrogen-bond donors (Lipinski definition) is 0. The van der Waals surface area contributed by atoms with Crippen molar-refractivity contribution in [3.63, 3.8) is 0 Å². The Morgan fingerprint density at radius 1 is 1.14 bits per heavy atom. The van der Waals surface area contributed by atoms with Gasteiger partial charge in [0.1, 0.15) is 0 Å². The summed E-state index contributed by atoms with van der Waals surface area (Å²) < 4.78 is 0. The molecule has 4 rings (SSSR count). The Balaban J connectivity index is 1.65. The van der Waals surface area contributed by atoms with Crippen molar-refractivity contribution in [2.24, 2.45) is 34.5 Å². The zero-order valence-corrected chi connectivity index (χ0v) is 14.4. The fourth-order valence-corrected chi connectivity index (χ4v) is 7.36. The van der Waals surface area contributed by atoms with E-state index in [4.69, 9.17) is 0 Å². The molecule has 0 aromatic carbocycles. The van der Waals surface area contributed by atoms with Gasteiger partial charge in [0.2, 0.25) is 0 Å². The van der Waals surface area contributed by atoms with E-state index in [0.29, 0.717) is 22.5 Å². The van der Waals surface area contributed by atoms with Gasteiger partial charge in [-0.1, -0.05) is 32.8 Å². The predicted molar refractivity (Wildman–Crippen MR) is 90.5 cm³/mol. The maximum absolute atomic E-state index is 11.9. The van der Waals surface area contributed by atoms with Crippen molar-refractivity contribution in [2.45, 2.75) is 78.1 Å². The molecule has 4 aliphatic rings. The van der Waals surface area contributed by atoms with Crippen LogP contribution in [0.3, 0.4) is 0 Å². The molecule has 0 N–H and O–H groups in total. The molecular formula is C21H32O. The van der Waals surface area contributed by atoms with Crippen LogP contribution in [0.5, 0.6) is 0 Å². The van der Waals surface area contributed by atoms with E-state index in [0.717, 1.165) is 24.2 Å². The molecule has 3 fully saturated rings. The highest BCUT2D eigenvalue weighted by Crippen LogP contribution is 2.66. The van der Waals surface area contributed by atoms with E-state index in [1.807, 2.05) is 6.08 Å². The molecule has 0 unspecified atom stereocenters. The lowest BCUT2D eigenvalue weighted by atomic mass is 9.46. The molecule has 6 atom stereocenters. The van der Waals surface area contributed by atoms with Crippen LogP contribution in [0.2, 0.25) is 0 Å².